The number of nitrogens with zero attached hydrogens (tertiary/aromatic N) is 3. The van der Waals surface area contributed by atoms with Gasteiger partial charge in [0.25, 0.3) is 0 Å². The molecule has 0 N–H and O–H groups in total. The minimum absolute atomic E-state index is 0.170. The van der Waals surface area contributed by atoms with Crippen LogP contribution < -0.4 is 4.74 Å². The summed E-state index contributed by atoms with van der Waals surface area (Å²) in [5.74, 6) is 2.25. The van der Waals surface area contributed by atoms with Gasteiger partial charge in [0.15, 0.2) is 0 Å². The lowest BCUT2D eigenvalue weighted by molar-refractivity contribution is 0.155. The van der Waals surface area contributed by atoms with Crippen LogP contribution in [0, 0.1) is 0 Å². The molecule has 4 rings (SSSR count). The van der Waals surface area contributed by atoms with E-state index in [2.05, 4.69) is 27.2 Å². The number of hydrogen-bond acceptors (Lipinski definition) is 5. The van der Waals surface area contributed by atoms with Crippen molar-refractivity contribution in [2.24, 2.45) is 0 Å². The number of fused-ring (bicyclic) bond motifs is 1. The van der Waals surface area contributed by atoms with Gasteiger partial charge in [-0.3, -0.25) is 4.90 Å². The lowest BCUT2D eigenvalue weighted by atomic mass is 10.1. The van der Waals surface area contributed by atoms with Gasteiger partial charge >= 0.3 is 0 Å². The number of hydrogen-bond donors (Lipinski definition) is 0. The Morgan fingerprint density at radius 3 is 2.71 bits per heavy atom. The van der Waals surface area contributed by atoms with E-state index in [1.165, 1.54) is 5.56 Å². The summed E-state index contributed by atoms with van der Waals surface area (Å²) in [6.07, 6.45) is 1.11. The van der Waals surface area contributed by atoms with Crippen molar-refractivity contribution in [2.45, 2.75) is 19.1 Å². The number of benzene rings is 2. The van der Waals surface area contributed by atoms with Crippen LogP contribution in [0.15, 0.2) is 59.1 Å². The highest BCUT2D eigenvalue weighted by molar-refractivity contribution is 5.53. The number of likely N-dealkylation sites (N-methyl/N-ethyl adjacent to an activating group) is 1. The summed E-state index contributed by atoms with van der Waals surface area (Å²) in [6.45, 7) is 1.42. The minimum atomic E-state index is 0.170. The van der Waals surface area contributed by atoms with Gasteiger partial charge in [-0.15, -0.1) is 0 Å². The largest absolute Gasteiger partial charge is 0.488 e. The highest BCUT2D eigenvalue weighted by Crippen LogP contribution is 2.28. The first kappa shape index (κ1) is 14.9. The van der Waals surface area contributed by atoms with Gasteiger partial charge in [-0.2, -0.15) is 4.98 Å². The normalized spacial score (nSPS) is 16.2. The van der Waals surface area contributed by atoms with Crippen LogP contribution in [0.25, 0.3) is 11.4 Å². The predicted octanol–water partition coefficient (Wildman–Crippen LogP) is 3.17. The fourth-order valence-corrected chi connectivity index (χ4v) is 3.02. The van der Waals surface area contributed by atoms with E-state index >= 15 is 0 Å². The Bertz CT molecular complexity index is 791. The fraction of sp³-hybridized carbons (Fsp3) is 0.263. The molecule has 5 heteroatoms. The van der Waals surface area contributed by atoms with E-state index < -0.39 is 0 Å². The molecule has 0 saturated heterocycles. The summed E-state index contributed by atoms with van der Waals surface area (Å²) >= 11 is 0. The second-order valence-electron chi connectivity index (χ2n) is 6.13. The van der Waals surface area contributed by atoms with Crippen LogP contribution in [0.4, 0.5) is 0 Å². The molecule has 0 amide bonds. The van der Waals surface area contributed by atoms with Crippen molar-refractivity contribution in [3.05, 3.63) is 66.1 Å². The average molecular weight is 321 g/mol. The van der Waals surface area contributed by atoms with Crippen LogP contribution in [0.3, 0.4) is 0 Å². The number of ether oxygens (including phenoxy) is 1. The molecule has 0 fully saturated rings. The van der Waals surface area contributed by atoms with Crippen molar-refractivity contribution >= 4 is 0 Å². The first-order valence-corrected chi connectivity index (χ1v) is 8.09. The molecule has 3 aromatic rings. The molecule has 1 aromatic heterocycles. The van der Waals surface area contributed by atoms with E-state index in [4.69, 9.17) is 9.26 Å². The van der Waals surface area contributed by atoms with Gasteiger partial charge < -0.3 is 9.26 Å². The van der Waals surface area contributed by atoms with Gasteiger partial charge in [0.1, 0.15) is 11.9 Å². The highest BCUT2D eigenvalue weighted by atomic mass is 16.5. The zero-order chi connectivity index (χ0) is 16.4. The molecule has 1 aliphatic rings. The molecule has 0 aliphatic carbocycles. The molecule has 0 spiro atoms. The first-order chi connectivity index (χ1) is 11.8. The number of para-hydroxylation sites is 1. The van der Waals surface area contributed by atoms with E-state index in [-0.39, 0.29) is 6.10 Å². The summed E-state index contributed by atoms with van der Waals surface area (Å²) in [5.41, 5.74) is 2.24. The Kier molecular flexibility index (Phi) is 4.01. The van der Waals surface area contributed by atoms with E-state index in [0.29, 0.717) is 18.3 Å². The van der Waals surface area contributed by atoms with Gasteiger partial charge in [-0.05, 0) is 18.7 Å². The molecular weight excluding hydrogens is 302 g/mol. The maximum atomic E-state index is 5.98. The minimum Gasteiger partial charge on any atom is -0.488 e. The Hall–Kier alpha value is -2.66. The second-order valence-corrected chi connectivity index (χ2v) is 6.13. The lowest BCUT2D eigenvalue weighted by Crippen LogP contribution is -2.31. The second kappa shape index (κ2) is 6.45. The van der Waals surface area contributed by atoms with Gasteiger partial charge in [0, 0.05) is 18.5 Å². The van der Waals surface area contributed by atoms with Crippen molar-refractivity contribution in [1.29, 1.82) is 0 Å². The Balaban J connectivity index is 1.36. The van der Waals surface area contributed by atoms with E-state index in [1.54, 1.807) is 0 Å². The van der Waals surface area contributed by atoms with Crippen molar-refractivity contribution in [2.75, 3.05) is 13.6 Å². The van der Waals surface area contributed by atoms with Crippen molar-refractivity contribution in [3.8, 4) is 17.1 Å². The monoisotopic (exact) mass is 321 g/mol. The van der Waals surface area contributed by atoms with Crippen LogP contribution >= 0.6 is 0 Å². The molecular formula is C19H19N3O2. The third-order valence-corrected chi connectivity index (χ3v) is 4.13. The predicted molar refractivity (Wildman–Crippen MR) is 90.6 cm³/mol. The maximum absolute atomic E-state index is 5.98. The van der Waals surface area contributed by atoms with Gasteiger partial charge in [-0.25, -0.2) is 0 Å². The number of aromatic nitrogens is 2. The number of rotatable bonds is 5. The van der Waals surface area contributed by atoms with E-state index in [0.717, 1.165) is 24.3 Å². The molecule has 0 saturated carbocycles. The van der Waals surface area contributed by atoms with Crippen molar-refractivity contribution < 1.29 is 9.26 Å². The van der Waals surface area contributed by atoms with E-state index in [1.807, 2.05) is 49.5 Å². The topological polar surface area (TPSA) is 51.4 Å². The molecule has 0 unspecified atom stereocenters. The van der Waals surface area contributed by atoms with Crippen LogP contribution in [-0.2, 0) is 13.0 Å². The first-order valence-electron chi connectivity index (χ1n) is 8.09. The molecule has 0 bridgehead atoms. The molecule has 5 nitrogen and oxygen atoms in total. The summed E-state index contributed by atoms with van der Waals surface area (Å²) < 4.78 is 11.4. The molecule has 2 heterocycles. The van der Waals surface area contributed by atoms with Crippen LogP contribution in [0.2, 0.25) is 0 Å². The Morgan fingerprint density at radius 1 is 1.08 bits per heavy atom. The van der Waals surface area contributed by atoms with Crippen LogP contribution in [-0.4, -0.2) is 34.7 Å². The van der Waals surface area contributed by atoms with Crippen LogP contribution in [0.1, 0.15) is 11.5 Å². The maximum Gasteiger partial charge on any atom is 0.241 e. The summed E-state index contributed by atoms with van der Waals surface area (Å²) in [4.78, 5) is 6.63. The summed E-state index contributed by atoms with van der Waals surface area (Å²) in [6, 6.07) is 18.1. The molecule has 24 heavy (non-hydrogen) atoms. The standard InChI is InChI=1S/C19H19N3O2/c1-22(12-16-11-15-9-5-6-10-17(15)23-16)13-18-20-19(21-24-18)14-7-3-2-4-8-14/h2-10,16H,11-13H2,1H3/t16-/m1/s1. The average Bonchev–Trinajstić information content (AvgIpc) is 3.21. The van der Waals surface area contributed by atoms with Gasteiger partial charge in [0.2, 0.25) is 11.7 Å². The quantitative estimate of drug-likeness (QED) is 0.722. The van der Waals surface area contributed by atoms with Gasteiger partial charge in [0.05, 0.1) is 6.54 Å². The van der Waals surface area contributed by atoms with Crippen molar-refractivity contribution in [1.82, 2.24) is 15.0 Å². The third kappa shape index (κ3) is 3.16. The van der Waals surface area contributed by atoms with Gasteiger partial charge in [-0.1, -0.05) is 53.7 Å². The lowest BCUT2D eigenvalue weighted by Gasteiger charge is -2.18. The molecule has 0 radical (unpaired) electrons. The molecule has 1 aliphatic heterocycles. The zero-order valence-corrected chi connectivity index (χ0v) is 13.6. The Morgan fingerprint density at radius 2 is 1.88 bits per heavy atom. The Labute approximate surface area is 140 Å². The van der Waals surface area contributed by atoms with Crippen molar-refractivity contribution in [3.63, 3.8) is 0 Å². The fourth-order valence-electron chi connectivity index (χ4n) is 3.02. The molecule has 2 aromatic carbocycles. The highest BCUT2D eigenvalue weighted by Gasteiger charge is 2.24. The third-order valence-electron chi connectivity index (χ3n) is 4.13. The van der Waals surface area contributed by atoms with E-state index in [9.17, 15) is 0 Å². The SMILES string of the molecule is CN(Cc1nc(-c2ccccc2)no1)C[C@H]1Cc2ccccc2O1. The zero-order valence-electron chi connectivity index (χ0n) is 13.6. The summed E-state index contributed by atoms with van der Waals surface area (Å²) in [7, 11) is 2.04. The molecule has 1 atom stereocenters. The summed E-state index contributed by atoms with van der Waals surface area (Å²) in [5, 5.41) is 4.06. The smallest absolute Gasteiger partial charge is 0.241 e. The van der Waals surface area contributed by atoms with Crippen LogP contribution in [0.5, 0.6) is 5.75 Å². The molecule has 122 valence electrons.